The molecule has 2 heteroatoms. The SMILES string of the molecule is CCCCCCCCC1(CCCCCC)c2cc(Br)ccc2-c2ccc(Br)cc21. The van der Waals surface area contributed by atoms with E-state index in [0.29, 0.717) is 0 Å². The summed E-state index contributed by atoms with van der Waals surface area (Å²) in [6.07, 6.45) is 16.0. The molecule has 0 aromatic heterocycles. The predicted octanol–water partition coefficient (Wildman–Crippen LogP) is 10.2. The molecule has 0 atom stereocenters. The lowest BCUT2D eigenvalue weighted by atomic mass is 9.70. The molecule has 0 aliphatic heterocycles. The quantitative estimate of drug-likeness (QED) is 0.244. The maximum Gasteiger partial charge on any atom is 0.0216 e. The summed E-state index contributed by atoms with van der Waals surface area (Å²) in [5.41, 5.74) is 6.21. The molecule has 2 aromatic rings. The molecular weight excluding hydrogens is 484 g/mol. The standard InChI is InChI=1S/C27H36Br2/c1-3-5-7-9-10-12-18-27(17-11-8-6-4-2)25-19-21(28)13-15-23(25)24-16-14-22(29)20-26(24)27/h13-16,19-20H,3-12,17-18H2,1-2H3. The van der Waals surface area contributed by atoms with Gasteiger partial charge in [-0.2, -0.15) is 0 Å². The molecule has 158 valence electrons. The van der Waals surface area contributed by atoms with E-state index >= 15 is 0 Å². The fourth-order valence-electron chi connectivity index (χ4n) is 5.16. The van der Waals surface area contributed by atoms with Crippen molar-refractivity contribution in [3.63, 3.8) is 0 Å². The summed E-state index contributed by atoms with van der Waals surface area (Å²) < 4.78 is 2.42. The number of halogens is 2. The van der Waals surface area contributed by atoms with Crippen molar-refractivity contribution in [3.05, 3.63) is 56.5 Å². The monoisotopic (exact) mass is 518 g/mol. The van der Waals surface area contributed by atoms with Crippen LogP contribution in [-0.4, -0.2) is 0 Å². The third kappa shape index (κ3) is 5.37. The Hall–Kier alpha value is -0.600. The van der Waals surface area contributed by atoms with Gasteiger partial charge < -0.3 is 0 Å². The van der Waals surface area contributed by atoms with E-state index in [2.05, 4.69) is 82.1 Å². The van der Waals surface area contributed by atoms with E-state index < -0.39 is 0 Å². The minimum absolute atomic E-state index is 0.177. The largest absolute Gasteiger partial charge is 0.0654 e. The number of hydrogen-bond donors (Lipinski definition) is 0. The van der Waals surface area contributed by atoms with Crippen LogP contribution in [0.5, 0.6) is 0 Å². The molecule has 0 fully saturated rings. The summed E-state index contributed by atoms with van der Waals surface area (Å²) in [4.78, 5) is 0. The van der Waals surface area contributed by atoms with Crippen LogP contribution in [0.1, 0.15) is 102 Å². The average Bonchev–Trinajstić information content (AvgIpc) is 2.97. The van der Waals surface area contributed by atoms with Gasteiger partial charge in [-0.15, -0.1) is 0 Å². The second kappa shape index (κ2) is 11.1. The zero-order valence-corrected chi connectivity index (χ0v) is 21.4. The van der Waals surface area contributed by atoms with Crippen molar-refractivity contribution in [1.82, 2.24) is 0 Å². The topological polar surface area (TPSA) is 0 Å². The van der Waals surface area contributed by atoms with Gasteiger partial charge in [0.2, 0.25) is 0 Å². The van der Waals surface area contributed by atoms with E-state index in [1.165, 1.54) is 97.1 Å². The molecule has 1 aliphatic carbocycles. The number of hydrogen-bond acceptors (Lipinski definition) is 0. The number of rotatable bonds is 12. The van der Waals surface area contributed by atoms with Crippen molar-refractivity contribution < 1.29 is 0 Å². The van der Waals surface area contributed by atoms with E-state index in [1.807, 2.05) is 0 Å². The van der Waals surface area contributed by atoms with Crippen LogP contribution in [0.15, 0.2) is 45.3 Å². The van der Waals surface area contributed by atoms with Gasteiger partial charge in [-0.1, -0.05) is 122 Å². The van der Waals surface area contributed by atoms with Crippen molar-refractivity contribution in [1.29, 1.82) is 0 Å². The Morgan fingerprint density at radius 2 is 1.00 bits per heavy atom. The van der Waals surface area contributed by atoms with E-state index in [4.69, 9.17) is 0 Å². The summed E-state index contributed by atoms with van der Waals surface area (Å²) in [6, 6.07) is 13.9. The second-order valence-electron chi connectivity index (χ2n) is 8.79. The van der Waals surface area contributed by atoms with E-state index in [9.17, 15) is 0 Å². The zero-order valence-electron chi connectivity index (χ0n) is 18.2. The van der Waals surface area contributed by atoms with Crippen LogP contribution in [0.3, 0.4) is 0 Å². The molecule has 0 radical (unpaired) electrons. The number of fused-ring (bicyclic) bond motifs is 3. The lowest BCUT2D eigenvalue weighted by molar-refractivity contribution is 0.399. The van der Waals surface area contributed by atoms with Gasteiger partial charge in [-0.3, -0.25) is 0 Å². The van der Waals surface area contributed by atoms with E-state index in [1.54, 1.807) is 11.1 Å². The molecule has 0 N–H and O–H groups in total. The molecule has 0 heterocycles. The molecule has 0 saturated heterocycles. The van der Waals surface area contributed by atoms with Crippen LogP contribution in [0.25, 0.3) is 11.1 Å². The molecule has 29 heavy (non-hydrogen) atoms. The Labute approximate surface area is 195 Å². The maximum atomic E-state index is 3.77. The van der Waals surface area contributed by atoms with Crippen LogP contribution >= 0.6 is 31.9 Å². The Morgan fingerprint density at radius 3 is 1.48 bits per heavy atom. The first kappa shape index (κ1) is 23.1. The van der Waals surface area contributed by atoms with Gasteiger partial charge >= 0.3 is 0 Å². The molecule has 0 saturated carbocycles. The molecule has 2 aromatic carbocycles. The Bertz CT molecular complexity index is 742. The van der Waals surface area contributed by atoms with Crippen molar-refractivity contribution in [2.24, 2.45) is 0 Å². The molecule has 0 unspecified atom stereocenters. The van der Waals surface area contributed by atoms with Crippen LogP contribution in [0, 0.1) is 0 Å². The Balaban J connectivity index is 1.92. The summed E-state index contributed by atoms with van der Waals surface area (Å²) in [5, 5.41) is 0. The van der Waals surface area contributed by atoms with Gasteiger partial charge in [0.25, 0.3) is 0 Å². The van der Waals surface area contributed by atoms with E-state index in [0.717, 1.165) is 0 Å². The van der Waals surface area contributed by atoms with Crippen molar-refractivity contribution in [2.45, 2.75) is 96.3 Å². The van der Waals surface area contributed by atoms with Gasteiger partial charge in [0.15, 0.2) is 0 Å². The normalized spacial score (nSPS) is 14.1. The summed E-state index contributed by atoms with van der Waals surface area (Å²) in [7, 11) is 0. The number of unbranched alkanes of at least 4 members (excludes halogenated alkanes) is 8. The van der Waals surface area contributed by atoms with Crippen LogP contribution in [0.4, 0.5) is 0 Å². The van der Waals surface area contributed by atoms with Crippen molar-refractivity contribution in [3.8, 4) is 11.1 Å². The zero-order chi connectivity index (χ0) is 20.7. The molecule has 3 rings (SSSR count). The molecular formula is C27H36Br2. The van der Waals surface area contributed by atoms with Crippen LogP contribution in [-0.2, 0) is 5.41 Å². The van der Waals surface area contributed by atoms with Gasteiger partial charge in [0.05, 0.1) is 0 Å². The van der Waals surface area contributed by atoms with Gasteiger partial charge in [0.1, 0.15) is 0 Å². The summed E-state index contributed by atoms with van der Waals surface area (Å²) in [5.74, 6) is 0. The molecule has 0 bridgehead atoms. The first-order valence-electron chi connectivity index (χ1n) is 11.7. The Morgan fingerprint density at radius 1 is 0.586 bits per heavy atom. The summed E-state index contributed by atoms with van der Waals surface area (Å²) >= 11 is 7.54. The van der Waals surface area contributed by atoms with Crippen LogP contribution < -0.4 is 0 Å². The molecule has 1 aliphatic rings. The highest BCUT2D eigenvalue weighted by Gasteiger charge is 2.42. The smallest absolute Gasteiger partial charge is 0.0216 e. The highest BCUT2D eigenvalue weighted by molar-refractivity contribution is 9.10. The fraction of sp³-hybridized carbons (Fsp3) is 0.556. The minimum atomic E-state index is 0.177. The predicted molar refractivity (Wildman–Crippen MR) is 135 cm³/mol. The lowest BCUT2D eigenvalue weighted by Crippen LogP contribution is -2.25. The van der Waals surface area contributed by atoms with Gasteiger partial charge in [-0.05, 0) is 59.4 Å². The number of benzene rings is 2. The van der Waals surface area contributed by atoms with Gasteiger partial charge in [0, 0.05) is 14.4 Å². The maximum absolute atomic E-state index is 3.77. The summed E-state index contributed by atoms with van der Waals surface area (Å²) in [6.45, 7) is 4.61. The highest BCUT2D eigenvalue weighted by Crippen LogP contribution is 2.55. The van der Waals surface area contributed by atoms with Crippen LogP contribution in [0.2, 0.25) is 0 Å². The average molecular weight is 520 g/mol. The molecule has 0 spiro atoms. The molecule has 0 amide bonds. The first-order valence-corrected chi connectivity index (χ1v) is 13.3. The molecule has 0 nitrogen and oxygen atoms in total. The van der Waals surface area contributed by atoms with Crippen molar-refractivity contribution in [2.75, 3.05) is 0 Å². The first-order chi connectivity index (χ1) is 14.1. The minimum Gasteiger partial charge on any atom is -0.0654 e. The Kier molecular flexibility index (Phi) is 8.86. The lowest BCUT2D eigenvalue weighted by Gasteiger charge is -2.33. The third-order valence-corrected chi connectivity index (χ3v) is 7.69. The van der Waals surface area contributed by atoms with Crippen molar-refractivity contribution >= 4 is 31.9 Å². The second-order valence-corrected chi connectivity index (χ2v) is 10.6. The third-order valence-electron chi connectivity index (χ3n) is 6.70. The fourth-order valence-corrected chi connectivity index (χ4v) is 5.89. The highest BCUT2D eigenvalue weighted by atomic mass is 79.9. The van der Waals surface area contributed by atoms with E-state index in [-0.39, 0.29) is 5.41 Å². The van der Waals surface area contributed by atoms with Gasteiger partial charge in [-0.25, -0.2) is 0 Å².